The van der Waals surface area contributed by atoms with E-state index in [9.17, 15) is 4.79 Å². The highest BCUT2D eigenvalue weighted by Gasteiger charge is 2.27. The summed E-state index contributed by atoms with van der Waals surface area (Å²) in [4.78, 5) is 23.6. The highest BCUT2D eigenvalue weighted by atomic mass is 32.1. The van der Waals surface area contributed by atoms with Crippen LogP contribution in [0.5, 0.6) is 5.75 Å². The third kappa shape index (κ3) is 5.72. The summed E-state index contributed by atoms with van der Waals surface area (Å²) < 4.78 is 5.21. The molecular formula is C22H31N5O2S. The SMILES string of the molecule is CCNC(=NCc1csc(-c2ccc(OC)cc2)n1)NC1CCN(C(=O)C(C)C)C1. The molecule has 1 aliphatic heterocycles. The number of guanidine groups is 1. The monoisotopic (exact) mass is 429 g/mol. The quantitative estimate of drug-likeness (QED) is 0.522. The molecule has 0 aliphatic carbocycles. The van der Waals surface area contributed by atoms with Crippen LogP contribution in [-0.4, -0.2) is 54.5 Å². The van der Waals surface area contributed by atoms with Crippen molar-refractivity contribution in [2.75, 3.05) is 26.7 Å². The van der Waals surface area contributed by atoms with Crippen molar-refractivity contribution < 1.29 is 9.53 Å². The molecule has 0 saturated carbocycles. The van der Waals surface area contributed by atoms with E-state index in [1.807, 2.05) is 55.3 Å². The lowest BCUT2D eigenvalue weighted by Crippen LogP contribution is -2.45. The van der Waals surface area contributed by atoms with Crippen LogP contribution >= 0.6 is 11.3 Å². The summed E-state index contributed by atoms with van der Waals surface area (Å²) in [6.07, 6.45) is 0.932. The van der Waals surface area contributed by atoms with Crippen LogP contribution < -0.4 is 15.4 Å². The summed E-state index contributed by atoms with van der Waals surface area (Å²) in [6.45, 7) is 8.74. The van der Waals surface area contributed by atoms with Crippen molar-refractivity contribution in [2.45, 2.75) is 39.8 Å². The number of aliphatic imine (C=N–C) groups is 1. The number of aromatic nitrogens is 1. The third-order valence-corrected chi connectivity index (χ3v) is 5.91. The molecule has 1 atom stereocenters. The van der Waals surface area contributed by atoms with Gasteiger partial charge in [-0.15, -0.1) is 11.3 Å². The molecule has 1 fully saturated rings. The topological polar surface area (TPSA) is 78.9 Å². The van der Waals surface area contributed by atoms with Crippen molar-refractivity contribution in [3.63, 3.8) is 0 Å². The third-order valence-electron chi connectivity index (χ3n) is 4.97. The molecule has 3 rings (SSSR count). The van der Waals surface area contributed by atoms with Gasteiger partial charge in [0.05, 0.1) is 19.3 Å². The van der Waals surface area contributed by atoms with E-state index in [1.54, 1.807) is 18.4 Å². The van der Waals surface area contributed by atoms with Crippen LogP contribution in [-0.2, 0) is 11.3 Å². The fourth-order valence-electron chi connectivity index (χ4n) is 3.36. The maximum absolute atomic E-state index is 12.2. The van der Waals surface area contributed by atoms with E-state index in [0.717, 1.165) is 54.0 Å². The van der Waals surface area contributed by atoms with E-state index in [2.05, 4.69) is 10.6 Å². The van der Waals surface area contributed by atoms with Gasteiger partial charge < -0.3 is 20.3 Å². The molecule has 30 heavy (non-hydrogen) atoms. The molecule has 1 aromatic carbocycles. The Labute approximate surface area is 182 Å². The summed E-state index contributed by atoms with van der Waals surface area (Å²) >= 11 is 1.61. The van der Waals surface area contributed by atoms with Crippen molar-refractivity contribution in [1.29, 1.82) is 0 Å². The first-order valence-electron chi connectivity index (χ1n) is 10.4. The number of ether oxygens (including phenoxy) is 1. The smallest absolute Gasteiger partial charge is 0.225 e. The Balaban J connectivity index is 1.60. The number of benzene rings is 1. The first-order valence-corrected chi connectivity index (χ1v) is 11.3. The van der Waals surface area contributed by atoms with Gasteiger partial charge in [0.2, 0.25) is 5.91 Å². The van der Waals surface area contributed by atoms with Gasteiger partial charge in [-0.1, -0.05) is 13.8 Å². The van der Waals surface area contributed by atoms with Crippen molar-refractivity contribution in [2.24, 2.45) is 10.9 Å². The molecule has 1 aromatic heterocycles. The number of hydrogen-bond acceptors (Lipinski definition) is 5. The van der Waals surface area contributed by atoms with E-state index in [1.165, 1.54) is 0 Å². The number of thiazole rings is 1. The van der Waals surface area contributed by atoms with E-state index < -0.39 is 0 Å². The standard InChI is InChI=1S/C22H31N5O2S/c1-5-23-22(26-17-10-11-27(13-17)21(28)15(2)3)24-12-18-14-30-20(25-18)16-6-8-19(29-4)9-7-16/h6-9,14-15,17H,5,10-13H2,1-4H3,(H2,23,24,26). The molecule has 2 heterocycles. The molecule has 1 unspecified atom stereocenters. The Bertz CT molecular complexity index is 863. The van der Waals surface area contributed by atoms with Crippen molar-refractivity contribution in [3.8, 4) is 16.3 Å². The average Bonchev–Trinajstić information content (AvgIpc) is 3.41. The van der Waals surface area contributed by atoms with Gasteiger partial charge in [0.25, 0.3) is 0 Å². The molecule has 0 bridgehead atoms. The van der Waals surface area contributed by atoms with Gasteiger partial charge in [-0.2, -0.15) is 0 Å². The maximum Gasteiger partial charge on any atom is 0.225 e. The Kier molecular flexibility index (Phi) is 7.68. The minimum absolute atomic E-state index is 0.0372. The fourth-order valence-corrected chi connectivity index (χ4v) is 4.18. The summed E-state index contributed by atoms with van der Waals surface area (Å²) in [7, 11) is 1.66. The van der Waals surface area contributed by atoms with Gasteiger partial charge in [0.15, 0.2) is 5.96 Å². The Morgan fingerprint density at radius 1 is 1.37 bits per heavy atom. The van der Waals surface area contributed by atoms with Gasteiger partial charge in [0.1, 0.15) is 10.8 Å². The first kappa shape index (κ1) is 22.1. The lowest BCUT2D eigenvalue weighted by atomic mass is 10.2. The van der Waals surface area contributed by atoms with Crippen LogP contribution in [0.1, 0.15) is 32.9 Å². The first-order chi connectivity index (χ1) is 14.5. The highest BCUT2D eigenvalue weighted by Crippen LogP contribution is 2.26. The van der Waals surface area contributed by atoms with Gasteiger partial charge in [-0.3, -0.25) is 4.79 Å². The molecule has 0 spiro atoms. The molecule has 1 amide bonds. The van der Waals surface area contributed by atoms with Gasteiger partial charge >= 0.3 is 0 Å². The van der Waals surface area contributed by atoms with Crippen LogP contribution in [0.25, 0.3) is 10.6 Å². The number of nitrogens with zero attached hydrogens (tertiary/aromatic N) is 3. The van der Waals surface area contributed by atoms with Crippen LogP contribution in [0.4, 0.5) is 0 Å². The number of carbonyl (C=O) groups excluding carboxylic acids is 1. The van der Waals surface area contributed by atoms with Crippen molar-refractivity contribution in [1.82, 2.24) is 20.5 Å². The number of likely N-dealkylation sites (tertiary alicyclic amines) is 1. The van der Waals surface area contributed by atoms with Crippen LogP contribution in [0.3, 0.4) is 0 Å². The molecule has 0 radical (unpaired) electrons. The molecular weight excluding hydrogens is 398 g/mol. The predicted octanol–water partition coefficient (Wildman–Crippen LogP) is 3.13. The lowest BCUT2D eigenvalue weighted by molar-refractivity contribution is -0.133. The normalized spacial score (nSPS) is 16.8. The Hall–Kier alpha value is -2.61. The predicted molar refractivity (Wildman–Crippen MR) is 122 cm³/mol. The molecule has 1 saturated heterocycles. The van der Waals surface area contributed by atoms with Crippen molar-refractivity contribution in [3.05, 3.63) is 35.3 Å². The number of nitrogens with one attached hydrogen (secondary N) is 2. The number of hydrogen-bond donors (Lipinski definition) is 2. The van der Waals surface area contributed by atoms with E-state index in [4.69, 9.17) is 14.7 Å². The largest absolute Gasteiger partial charge is 0.497 e. The zero-order valence-electron chi connectivity index (χ0n) is 18.1. The van der Waals surface area contributed by atoms with E-state index in [-0.39, 0.29) is 17.9 Å². The Morgan fingerprint density at radius 3 is 2.80 bits per heavy atom. The Morgan fingerprint density at radius 2 is 2.13 bits per heavy atom. The minimum atomic E-state index is 0.0372. The van der Waals surface area contributed by atoms with E-state index >= 15 is 0 Å². The molecule has 8 heteroatoms. The van der Waals surface area contributed by atoms with Crippen molar-refractivity contribution >= 4 is 23.2 Å². The molecule has 2 aromatic rings. The molecule has 1 aliphatic rings. The fraction of sp³-hybridized carbons (Fsp3) is 0.500. The summed E-state index contributed by atoms with van der Waals surface area (Å²) in [5, 5.41) is 9.78. The maximum atomic E-state index is 12.2. The second-order valence-corrected chi connectivity index (χ2v) is 8.49. The number of methoxy groups -OCH3 is 1. The summed E-state index contributed by atoms with van der Waals surface area (Å²) in [6, 6.07) is 8.13. The van der Waals surface area contributed by atoms with Crippen LogP contribution in [0, 0.1) is 5.92 Å². The number of amides is 1. The zero-order chi connectivity index (χ0) is 21.5. The minimum Gasteiger partial charge on any atom is -0.497 e. The highest BCUT2D eigenvalue weighted by molar-refractivity contribution is 7.13. The van der Waals surface area contributed by atoms with Gasteiger partial charge in [0, 0.05) is 42.5 Å². The summed E-state index contributed by atoms with van der Waals surface area (Å²) in [5.41, 5.74) is 2.01. The second-order valence-electron chi connectivity index (χ2n) is 7.64. The number of carbonyl (C=O) groups is 1. The summed E-state index contributed by atoms with van der Waals surface area (Å²) in [5.74, 6) is 1.85. The zero-order valence-corrected chi connectivity index (χ0v) is 19.0. The second kappa shape index (κ2) is 10.4. The average molecular weight is 430 g/mol. The van der Waals surface area contributed by atoms with E-state index in [0.29, 0.717) is 6.54 Å². The molecule has 162 valence electrons. The van der Waals surface area contributed by atoms with Gasteiger partial charge in [-0.05, 0) is 37.6 Å². The van der Waals surface area contributed by atoms with Gasteiger partial charge in [-0.25, -0.2) is 9.98 Å². The van der Waals surface area contributed by atoms with Crippen LogP contribution in [0.2, 0.25) is 0 Å². The molecule has 7 nitrogen and oxygen atoms in total. The van der Waals surface area contributed by atoms with Crippen LogP contribution in [0.15, 0.2) is 34.6 Å². The lowest BCUT2D eigenvalue weighted by Gasteiger charge is -2.20. The number of rotatable bonds is 7. The molecule has 2 N–H and O–H groups in total.